The summed E-state index contributed by atoms with van der Waals surface area (Å²) in [6, 6.07) is 9.06. The minimum absolute atomic E-state index is 0.105. The molecule has 0 aromatic heterocycles. The lowest BCUT2D eigenvalue weighted by Crippen LogP contribution is -1.98. The molecule has 2 rings (SSSR count). The number of hydrogen-bond acceptors (Lipinski definition) is 3. The van der Waals surface area contributed by atoms with Gasteiger partial charge in [-0.2, -0.15) is 5.26 Å². The molecule has 0 aliphatic carbocycles. The van der Waals surface area contributed by atoms with Gasteiger partial charge in [-0.1, -0.05) is 29.3 Å². The largest absolute Gasteiger partial charge is 0.399 e. The third-order valence-electron chi connectivity index (χ3n) is 2.45. The van der Waals surface area contributed by atoms with E-state index < -0.39 is 5.82 Å². The molecule has 0 saturated carbocycles. The van der Waals surface area contributed by atoms with Gasteiger partial charge >= 0.3 is 0 Å². The number of hydrogen-bond donors (Lipinski definition) is 2. The first kappa shape index (κ1) is 13.5. The van der Waals surface area contributed by atoms with Crippen LogP contribution in [0, 0.1) is 17.1 Å². The topological polar surface area (TPSA) is 61.8 Å². The van der Waals surface area contributed by atoms with Crippen LogP contribution in [-0.4, -0.2) is 0 Å². The van der Waals surface area contributed by atoms with Crippen LogP contribution in [0.4, 0.5) is 21.5 Å². The number of rotatable bonds is 2. The monoisotopic (exact) mass is 295 g/mol. The number of halogens is 3. The summed E-state index contributed by atoms with van der Waals surface area (Å²) in [6.45, 7) is 0. The van der Waals surface area contributed by atoms with Gasteiger partial charge in [-0.25, -0.2) is 4.39 Å². The van der Waals surface area contributed by atoms with Crippen LogP contribution in [0.3, 0.4) is 0 Å². The normalized spacial score (nSPS) is 10.0. The van der Waals surface area contributed by atoms with E-state index in [1.165, 1.54) is 24.3 Å². The van der Waals surface area contributed by atoms with Gasteiger partial charge in [0, 0.05) is 5.69 Å². The maximum atomic E-state index is 13.5. The minimum atomic E-state index is -0.616. The molecule has 2 aromatic carbocycles. The molecule has 96 valence electrons. The van der Waals surface area contributed by atoms with Crippen molar-refractivity contribution < 1.29 is 4.39 Å². The number of nitrogens with two attached hydrogens (primary N) is 1. The van der Waals surface area contributed by atoms with E-state index in [0.717, 1.165) is 0 Å². The van der Waals surface area contributed by atoms with E-state index in [4.69, 9.17) is 34.2 Å². The van der Waals surface area contributed by atoms with Gasteiger partial charge in [0.25, 0.3) is 0 Å². The van der Waals surface area contributed by atoms with Gasteiger partial charge in [0.05, 0.1) is 21.4 Å². The van der Waals surface area contributed by atoms with Crippen molar-refractivity contribution in [3.8, 4) is 6.07 Å². The van der Waals surface area contributed by atoms with Crippen LogP contribution in [0.1, 0.15) is 5.56 Å². The zero-order chi connectivity index (χ0) is 14.0. The fourth-order valence-corrected chi connectivity index (χ4v) is 2.19. The van der Waals surface area contributed by atoms with Crippen LogP contribution in [0.25, 0.3) is 0 Å². The van der Waals surface area contributed by atoms with Gasteiger partial charge in [0.1, 0.15) is 17.4 Å². The first-order valence-corrected chi connectivity index (χ1v) is 5.98. The Kier molecular flexibility index (Phi) is 3.79. The molecule has 0 bridgehead atoms. The summed E-state index contributed by atoms with van der Waals surface area (Å²) in [5.41, 5.74) is 6.57. The fourth-order valence-electron chi connectivity index (χ4n) is 1.59. The molecule has 0 aliphatic rings. The maximum absolute atomic E-state index is 13.5. The van der Waals surface area contributed by atoms with E-state index in [9.17, 15) is 4.39 Å². The fraction of sp³-hybridized carbons (Fsp3) is 0. The summed E-state index contributed by atoms with van der Waals surface area (Å²) < 4.78 is 13.5. The molecule has 0 atom stereocenters. The van der Waals surface area contributed by atoms with Crippen molar-refractivity contribution in [2.75, 3.05) is 11.1 Å². The number of anilines is 3. The second-order valence-corrected chi connectivity index (χ2v) is 4.57. The summed E-state index contributed by atoms with van der Waals surface area (Å²) in [4.78, 5) is 0. The van der Waals surface area contributed by atoms with E-state index in [1.54, 1.807) is 12.1 Å². The molecular formula is C13H8Cl2FN3. The van der Waals surface area contributed by atoms with Crippen molar-refractivity contribution in [2.45, 2.75) is 0 Å². The summed E-state index contributed by atoms with van der Waals surface area (Å²) in [7, 11) is 0. The first-order valence-electron chi connectivity index (χ1n) is 5.23. The minimum Gasteiger partial charge on any atom is -0.399 e. The molecule has 0 amide bonds. The molecule has 19 heavy (non-hydrogen) atoms. The van der Waals surface area contributed by atoms with Crippen molar-refractivity contribution in [1.29, 1.82) is 5.26 Å². The third-order valence-corrected chi connectivity index (χ3v) is 3.05. The molecular weight excluding hydrogens is 288 g/mol. The Bertz CT molecular complexity index is 657. The van der Waals surface area contributed by atoms with E-state index in [2.05, 4.69) is 5.32 Å². The van der Waals surface area contributed by atoms with Crippen molar-refractivity contribution in [1.82, 2.24) is 0 Å². The highest BCUT2D eigenvalue weighted by atomic mass is 35.5. The van der Waals surface area contributed by atoms with Crippen LogP contribution in [-0.2, 0) is 0 Å². The average Bonchev–Trinajstić information content (AvgIpc) is 2.34. The van der Waals surface area contributed by atoms with E-state index in [0.29, 0.717) is 11.4 Å². The van der Waals surface area contributed by atoms with Crippen molar-refractivity contribution >= 4 is 40.3 Å². The number of benzene rings is 2. The number of nitrogens with zero attached hydrogens (tertiary/aromatic N) is 1. The van der Waals surface area contributed by atoms with E-state index >= 15 is 0 Å². The molecule has 0 fully saturated rings. The highest BCUT2D eigenvalue weighted by molar-refractivity contribution is 6.39. The Labute approximate surface area is 119 Å². The quantitative estimate of drug-likeness (QED) is 0.811. The molecule has 0 radical (unpaired) electrons. The highest BCUT2D eigenvalue weighted by Crippen LogP contribution is 2.35. The predicted molar refractivity (Wildman–Crippen MR) is 75.3 cm³/mol. The molecule has 3 nitrogen and oxygen atoms in total. The van der Waals surface area contributed by atoms with Crippen LogP contribution >= 0.6 is 23.2 Å². The molecule has 2 aromatic rings. The Morgan fingerprint density at radius 1 is 1.21 bits per heavy atom. The molecule has 0 saturated heterocycles. The Morgan fingerprint density at radius 3 is 2.42 bits per heavy atom. The van der Waals surface area contributed by atoms with Gasteiger partial charge < -0.3 is 11.1 Å². The predicted octanol–water partition coefficient (Wildman–Crippen LogP) is 4.33. The lowest BCUT2D eigenvalue weighted by atomic mass is 10.1. The number of nitriles is 1. The second-order valence-electron chi connectivity index (χ2n) is 3.76. The van der Waals surface area contributed by atoms with Crippen LogP contribution in [0.15, 0.2) is 30.3 Å². The number of nitrogens with one attached hydrogen (secondary N) is 1. The van der Waals surface area contributed by atoms with E-state index in [1.807, 2.05) is 0 Å². The van der Waals surface area contributed by atoms with Gasteiger partial charge in [-0.15, -0.1) is 0 Å². The van der Waals surface area contributed by atoms with Gasteiger partial charge in [-0.3, -0.25) is 0 Å². The zero-order valence-corrected chi connectivity index (χ0v) is 11.1. The van der Waals surface area contributed by atoms with Gasteiger partial charge in [0.2, 0.25) is 0 Å². The molecule has 0 heterocycles. The number of nitrogen functional groups attached to an aromatic ring is 1. The third kappa shape index (κ3) is 2.73. The standard InChI is InChI=1S/C13H8Cl2FN3/c14-9-4-7(18)5-10(15)13(9)19-12-3-1-2-11(16)8(12)6-17/h1-5,19H,18H2. The summed E-state index contributed by atoms with van der Waals surface area (Å²) in [5, 5.41) is 12.4. The van der Waals surface area contributed by atoms with Gasteiger partial charge in [-0.05, 0) is 24.3 Å². The average molecular weight is 296 g/mol. The van der Waals surface area contributed by atoms with Crippen LogP contribution < -0.4 is 11.1 Å². The summed E-state index contributed by atoms with van der Waals surface area (Å²) >= 11 is 12.0. The lowest BCUT2D eigenvalue weighted by molar-refractivity contribution is 0.624. The zero-order valence-electron chi connectivity index (χ0n) is 9.55. The van der Waals surface area contributed by atoms with Crippen molar-refractivity contribution in [2.24, 2.45) is 0 Å². The molecule has 0 spiro atoms. The highest BCUT2D eigenvalue weighted by Gasteiger charge is 2.12. The summed E-state index contributed by atoms with van der Waals surface area (Å²) in [6.07, 6.45) is 0. The SMILES string of the molecule is N#Cc1c(F)cccc1Nc1c(Cl)cc(N)cc1Cl. The molecule has 0 unspecified atom stereocenters. The Balaban J connectivity index is 2.49. The Morgan fingerprint density at radius 2 is 1.84 bits per heavy atom. The van der Waals surface area contributed by atoms with Crippen molar-refractivity contribution in [3.63, 3.8) is 0 Å². The van der Waals surface area contributed by atoms with Gasteiger partial charge in [0.15, 0.2) is 0 Å². The Hall–Kier alpha value is -1.96. The first-order chi connectivity index (χ1) is 9.02. The van der Waals surface area contributed by atoms with E-state index in [-0.39, 0.29) is 21.3 Å². The lowest BCUT2D eigenvalue weighted by Gasteiger charge is -2.12. The molecule has 3 N–H and O–H groups in total. The molecule has 6 heteroatoms. The second kappa shape index (κ2) is 5.35. The maximum Gasteiger partial charge on any atom is 0.143 e. The van der Waals surface area contributed by atoms with Crippen molar-refractivity contribution in [3.05, 3.63) is 51.8 Å². The molecule has 0 aliphatic heterocycles. The van der Waals surface area contributed by atoms with Crippen LogP contribution in [0.5, 0.6) is 0 Å². The van der Waals surface area contributed by atoms with Crippen LogP contribution in [0.2, 0.25) is 10.0 Å². The smallest absolute Gasteiger partial charge is 0.143 e. The summed E-state index contributed by atoms with van der Waals surface area (Å²) in [5.74, 6) is -0.616.